The van der Waals surface area contributed by atoms with Gasteiger partial charge in [-0.1, -0.05) is 19.3 Å². The van der Waals surface area contributed by atoms with E-state index in [9.17, 15) is 9.90 Å². The summed E-state index contributed by atoms with van der Waals surface area (Å²) < 4.78 is 0. The number of carbonyl (C=O) groups excluding carboxylic acids is 1. The molecule has 0 aromatic heterocycles. The molecule has 0 aromatic carbocycles. The number of carbonyl (C=O) groups is 1. The van der Waals surface area contributed by atoms with E-state index in [-0.39, 0.29) is 24.1 Å². The number of likely N-dealkylation sites (N-methyl/N-ethyl adjacent to an activating group) is 1. The molecule has 0 bridgehead atoms. The number of rotatable bonds is 6. The summed E-state index contributed by atoms with van der Waals surface area (Å²) in [6.45, 7) is 8.55. The Balaban J connectivity index is 2.69. The number of hydrogen-bond acceptors (Lipinski definition) is 3. The van der Waals surface area contributed by atoms with Crippen molar-refractivity contribution in [3.8, 4) is 0 Å². The molecule has 1 rings (SSSR count). The standard InChI is InChI=1S/C16H32N2O2/c1-13(2)18(14-9-7-6-8-10-14)15(20)11-17(5)16(3,4)12-19/h13-14,19H,6-12H2,1-5H3. The molecule has 0 unspecified atom stereocenters. The number of nitrogens with zero attached hydrogens (tertiary/aromatic N) is 2. The van der Waals surface area contributed by atoms with Crippen LogP contribution >= 0.6 is 0 Å². The van der Waals surface area contributed by atoms with Crippen LogP contribution in [0.25, 0.3) is 0 Å². The molecule has 0 atom stereocenters. The van der Waals surface area contributed by atoms with Crippen molar-refractivity contribution in [1.29, 1.82) is 0 Å². The smallest absolute Gasteiger partial charge is 0.237 e. The maximum Gasteiger partial charge on any atom is 0.237 e. The lowest BCUT2D eigenvalue weighted by molar-refractivity contribution is -0.138. The molecule has 0 aliphatic heterocycles. The van der Waals surface area contributed by atoms with E-state index >= 15 is 0 Å². The highest BCUT2D eigenvalue weighted by Gasteiger charge is 2.31. The number of amides is 1. The fraction of sp³-hybridized carbons (Fsp3) is 0.938. The van der Waals surface area contributed by atoms with Crippen LogP contribution in [0.3, 0.4) is 0 Å². The van der Waals surface area contributed by atoms with Gasteiger partial charge in [0.05, 0.1) is 13.2 Å². The summed E-state index contributed by atoms with van der Waals surface area (Å²) in [7, 11) is 1.91. The van der Waals surface area contributed by atoms with Crippen LogP contribution in [-0.4, -0.2) is 58.6 Å². The maximum absolute atomic E-state index is 12.7. The molecule has 1 aliphatic rings. The molecule has 0 spiro atoms. The van der Waals surface area contributed by atoms with Crippen LogP contribution in [0.4, 0.5) is 0 Å². The first-order valence-corrected chi connectivity index (χ1v) is 7.93. The van der Waals surface area contributed by atoms with Gasteiger partial charge in [-0.05, 0) is 47.6 Å². The molecule has 1 fully saturated rings. The Bertz CT molecular complexity index is 310. The number of aliphatic hydroxyl groups is 1. The van der Waals surface area contributed by atoms with Crippen molar-refractivity contribution in [3.05, 3.63) is 0 Å². The van der Waals surface area contributed by atoms with Gasteiger partial charge in [0.1, 0.15) is 0 Å². The summed E-state index contributed by atoms with van der Waals surface area (Å²) in [6.07, 6.45) is 6.04. The molecular weight excluding hydrogens is 252 g/mol. The highest BCUT2D eigenvalue weighted by Crippen LogP contribution is 2.24. The van der Waals surface area contributed by atoms with E-state index in [4.69, 9.17) is 0 Å². The van der Waals surface area contributed by atoms with E-state index in [2.05, 4.69) is 18.7 Å². The predicted octanol–water partition coefficient (Wildman–Crippen LogP) is 2.26. The molecule has 1 aliphatic carbocycles. The molecule has 1 N–H and O–H groups in total. The lowest BCUT2D eigenvalue weighted by Gasteiger charge is -2.40. The first-order valence-electron chi connectivity index (χ1n) is 7.93. The second-order valence-electron chi connectivity index (χ2n) is 7.01. The first-order chi connectivity index (χ1) is 9.29. The third-order valence-corrected chi connectivity index (χ3v) is 4.61. The van der Waals surface area contributed by atoms with Gasteiger partial charge in [0.15, 0.2) is 0 Å². The Morgan fingerprint density at radius 3 is 2.25 bits per heavy atom. The molecule has 1 saturated carbocycles. The highest BCUT2D eigenvalue weighted by molar-refractivity contribution is 5.79. The summed E-state index contributed by atoms with van der Waals surface area (Å²) in [6, 6.07) is 0.651. The van der Waals surface area contributed by atoms with Gasteiger partial charge in [0.2, 0.25) is 5.91 Å². The Morgan fingerprint density at radius 1 is 1.25 bits per heavy atom. The number of hydrogen-bond donors (Lipinski definition) is 1. The van der Waals surface area contributed by atoms with Gasteiger partial charge in [-0.15, -0.1) is 0 Å². The second kappa shape index (κ2) is 7.41. The van der Waals surface area contributed by atoms with E-state index in [0.717, 1.165) is 12.8 Å². The van der Waals surface area contributed by atoms with Crippen LogP contribution in [0, 0.1) is 0 Å². The summed E-state index contributed by atoms with van der Waals surface area (Å²) >= 11 is 0. The van der Waals surface area contributed by atoms with Gasteiger partial charge in [0, 0.05) is 17.6 Å². The van der Waals surface area contributed by atoms with Crippen LogP contribution in [0.5, 0.6) is 0 Å². The van der Waals surface area contributed by atoms with Crippen LogP contribution in [-0.2, 0) is 4.79 Å². The third kappa shape index (κ3) is 4.45. The first kappa shape index (κ1) is 17.4. The van der Waals surface area contributed by atoms with Gasteiger partial charge in [-0.25, -0.2) is 0 Å². The average Bonchev–Trinajstić information content (AvgIpc) is 2.39. The van der Waals surface area contributed by atoms with Gasteiger partial charge in [-0.3, -0.25) is 9.69 Å². The third-order valence-electron chi connectivity index (χ3n) is 4.61. The quantitative estimate of drug-likeness (QED) is 0.813. The molecule has 0 heterocycles. The normalized spacial score (nSPS) is 17.8. The Morgan fingerprint density at radius 2 is 1.80 bits per heavy atom. The van der Waals surface area contributed by atoms with Gasteiger partial charge in [-0.2, -0.15) is 0 Å². The molecule has 1 amide bonds. The Kier molecular flexibility index (Phi) is 6.46. The van der Waals surface area contributed by atoms with Crippen molar-refractivity contribution in [2.24, 2.45) is 0 Å². The molecule has 0 saturated heterocycles. The SMILES string of the molecule is CC(C)N(C(=O)CN(C)C(C)(C)CO)C1CCCCC1. The van der Waals surface area contributed by atoms with Crippen molar-refractivity contribution in [3.63, 3.8) is 0 Å². The monoisotopic (exact) mass is 284 g/mol. The van der Waals surface area contributed by atoms with E-state index in [1.807, 2.05) is 25.8 Å². The summed E-state index contributed by atoms with van der Waals surface area (Å²) in [5, 5.41) is 9.41. The van der Waals surface area contributed by atoms with E-state index in [1.165, 1.54) is 19.3 Å². The molecule has 4 nitrogen and oxygen atoms in total. The fourth-order valence-corrected chi connectivity index (χ4v) is 2.89. The Labute approximate surface area is 124 Å². The summed E-state index contributed by atoms with van der Waals surface area (Å²) in [5.41, 5.74) is -0.356. The lowest BCUT2D eigenvalue weighted by atomic mass is 9.93. The van der Waals surface area contributed by atoms with E-state index in [0.29, 0.717) is 12.6 Å². The number of aliphatic hydroxyl groups excluding tert-OH is 1. The maximum atomic E-state index is 12.7. The zero-order valence-corrected chi connectivity index (χ0v) is 13.9. The molecule has 0 aromatic rings. The zero-order chi connectivity index (χ0) is 15.3. The minimum Gasteiger partial charge on any atom is -0.394 e. The summed E-state index contributed by atoms with van der Waals surface area (Å²) in [5.74, 6) is 0.191. The van der Waals surface area contributed by atoms with Crippen molar-refractivity contribution >= 4 is 5.91 Å². The van der Waals surface area contributed by atoms with Crippen LogP contribution in [0.15, 0.2) is 0 Å². The van der Waals surface area contributed by atoms with Gasteiger partial charge >= 0.3 is 0 Å². The zero-order valence-electron chi connectivity index (χ0n) is 13.9. The lowest BCUT2D eigenvalue weighted by Crippen LogP contribution is -2.53. The largest absolute Gasteiger partial charge is 0.394 e. The predicted molar refractivity (Wildman–Crippen MR) is 82.6 cm³/mol. The van der Waals surface area contributed by atoms with E-state index in [1.54, 1.807) is 0 Å². The van der Waals surface area contributed by atoms with Crippen LogP contribution in [0.1, 0.15) is 59.8 Å². The molecule has 118 valence electrons. The molecular formula is C16H32N2O2. The Hall–Kier alpha value is -0.610. The minimum atomic E-state index is -0.356. The second-order valence-corrected chi connectivity index (χ2v) is 7.01. The van der Waals surface area contributed by atoms with Crippen LogP contribution in [0.2, 0.25) is 0 Å². The fourth-order valence-electron chi connectivity index (χ4n) is 2.89. The van der Waals surface area contributed by atoms with Gasteiger partial charge < -0.3 is 10.0 Å². The van der Waals surface area contributed by atoms with Crippen LogP contribution < -0.4 is 0 Å². The van der Waals surface area contributed by atoms with Gasteiger partial charge in [0.25, 0.3) is 0 Å². The van der Waals surface area contributed by atoms with E-state index < -0.39 is 0 Å². The topological polar surface area (TPSA) is 43.8 Å². The van der Waals surface area contributed by atoms with Crippen molar-refractivity contribution in [2.75, 3.05) is 20.2 Å². The van der Waals surface area contributed by atoms with Crippen molar-refractivity contribution < 1.29 is 9.90 Å². The summed E-state index contributed by atoms with van der Waals surface area (Å²) in [4.78, 5) is 16.7. The highest BCUT2D eigenvalue weighted by atomic mass is 16.3. The van der Waals surface area contributed by atoms with Crippen molar-refractivity contribution in [1.82, 2.24) is 9.80 Å². The minimum absolute atomic E-state index is 0.0574. The molecule has 20 heavy (non-hydrogen) atoms. The average molecular weight is 284 g/mol. The van der Waals surface area contributed by atoms with Crippen molar-refractivity contribution in [2.45, 2.75) is 77.4 Å². The molecule has 0 radical (unpaired) electrons. The molecule has 4 heteroatoms.